The summed E-state index contributed by atoms with van der Waals surface area (Å²) in [7, 11) is 0. The molecule has 0 amide bonds. The van der Waals surface area contributed by atoms with Crippen LogP contribution in [-0.2, 0) is 0 Å². The zero-order valence-electron chi connectivity index (χ0n) is 13.4. The number of benzene rings is 2. The maximum atomic E-state index is 6.51. The summed E-state index contributed by atoms with van der Waals surface area (Å²) in [6.45, 7) is 0. The fourth-order valence-corrected chi connectivity index (χ4v) is 4.03. The van der Waals surface area contributed by atoms with Crippen molar-refractivity contribution in [2.75, 3.05) is 11.1 Å². The first-order chi connectivity index (χ1) is 12.6. The van der Waals surface area contributed by atoms with Gasteiger partial charge in [-0.3, -0.25) is 0 Å². The van der Waals surface area contributed by atoms with Crippen LogP contribution < -0.4 is 11.1 Å². The maximum absolute atomic E-state index is 6.51. The first-order valence-electron chi connectivity index (χ1n) is 8.07. The molecule has 4 aromatic rings. The molecule has 0 spiro atoms. The highest BCUT2D eigenvalue weighted by molar-refractivity contribution is 6.35. The van der Waals surface area contributed by atoms with Crippen molar-refractivity contribution in [2.24, 2.45) is 0 Å². The molecule has 5 nitrogen and oxygen atoms in total. The Morgan fingerprint density at radius 2 is 1.88 bits per heavy atom. The fourth-order valence-electron chi connectivity index (χ4n) is 3.52. The van der Waals surface area contributed by atoms with Crippen LogP contribution in [0.15, 0.2) is 54.7 Å². The van der Waals surface area contributed by atoms with E-state index in [2.05, 4.69) is 15.4 Å². The Kier molecular flexibility index (Phi) is 3.35. The van der Waals surface area contributed by atoms with Gasteiger partial charge >= 0.3 is 0 Å². The van der Waals surface area contributed by atoms with Gasteiger partial charge in [-0.15, -0.1) is 5.10 Å². The first-order valence-corrected chi connectivity index (χ1v) is 8.83. The quantitative estimate of drug-likeness (QED) is 0.496. The number of nitrogens with two attached hydrogens (primary N) is 1. The molecule has 26 heavy (non-hydrogen) atoms. The molecule has 2 aromatic carbocycles. The standard InChI is InChI=1S/C19H13Cl2N5/c20-10-5-6-11(14(21)9-10)16-13-7-8-26-18(13)17(24-19(22)25-26)12-3-1-2-4-15(12)23-16/h1-9,16,23H,(H2,22,25). The van der Waals surface area contributed by atoms with Gasteiger partial charge in [0, 0.05) is 33.1 Å². The van der Waals surface area contributed by atoms with Crippen LogP contribution in [-0.4, -0.2) is 14.6 Å². The van der Waals surface area contributed by atoms with Gasteiger partial charge in [0.25, 0.3) is 0 Å². The number of nitrogens with zero attached hydrogens (tertiary/aromatic N) is 3. The topological polar surface area (TPSA) is 68.2 Å². The van der Waals surface area contributed by atoms with Crippen LogP contribution in [0.1, 0.15) is 17.2 Å². The molecular weight excluding hydrogens is 369 g/mol. The minimum absolute atomic E-state index is 0.167. The van der Waals surface area contributed by atoms with E-state index in [1.54, 1.807) is 10.6 Å². The predicted molar refractivity (Wildman–Crippen MR) is 105 cm³/mol. The SMILES string of the molecule is Nc1nc2c3c(ccn3n1)C(c1ccc(Cl)cc1Cl)Nc1ccccc1-2. The number of anilines is 2. The third kappa shape index (κ3) is 2.25. The third-order valence-corrected chi connectivity index (χ3v) is 5.19. The molecule has 0 radical (unpaired) electrons. The summed E-state index contributed by atoms with van der Waals surface area (Å²) in [5, 5.41) is 9.13. The van der Waals surface area contributed by atoms with Crippen LogP contribution in [0.2, 0.25) is 10.0 Å². The van der Waals surface area contributed by atoms with Crippen LogP contribution in [0, 0.1) is 0 Å². The van der Waals surface area contributed by atoms with Gasteiger partial charge < -0.3 is 11.1 Å². The van der Waals surface area contributed by atoms with E-state index < -0.39 is 0 Å². The lowest BCUT2D eigenvalue weighted by molar-refractivity contribution is 0.911. The summed E-state index contributed by atoms with van der Waals surface area (Å²) >= 11 is 12.6. The van der Waals surface area contributed by atoms with Gasteiger partial charge in [0.05, 0.1) is 11.6 Å². The summed E-state index contributed by atoms with van der Waals surface area (Å²) in [5.74, 6) is 0.229. The van der Waals surface area contributed by atoms with E-state index in [-0.39, 0.29) is 12.0 Å². The summed E-state index contributed by atoms with van der Waals surface area (Å²) in [6, 6.07) is 15.4. The van der Waals surface area contributed by atoms with Gasteiger partial charge in [-0.25, -0.2) is 9.50 Å². The second-order valence-electron chi connectivity index (χ2n) is 6.17. The molecule has 3 heterocycles. The van der Waals surface area contributed by atoms with E-state index in [9.17, 15) is 0 Å². The van der Waals surface area contributed by atoms with E-state index >= 15 is 0 Å². The highest BCUT2D eigenvalue weighted by Gasteiger charge is 2.28. The van der Waals surface area contributed by atoms with Crippen molar-refractivity contribution in [1.82, 2.24) is 14.6 Å². The van der Waals surface area contributed by atoms with Gasteiger partial charge in [0.15, 0.2) is 0 Å². The Hall–Kier alpha value is -2.76. The lowest BCUT2D eigenvalue weighted by Crippen LogP contribution is -2.12. The molecule has 2 aromatic heterocycles. The van der Waals surface area contributed by atoms with Gasteiger partial charge in [0.1, 0.15) is 5.69 Å². The second kappa shape index (κ2) is 5.62. The molecule has 0 saturated carbocycles. The van der Waals surface area contributed by atoms with Crippen LogP contribution in [0.5, 0.6) is 0 Å². The first kappa shape index (κ1) is 15.5. The largest absolute Gasteiger partial charge is 0.373 e. The predicted octanol–water partition coefficient (Wildman–Crippen LogP) is 4.80. The maximum Gasteiger partial charge on any atom is 0.238 e. The molecule has 0 bridgehead atoms. The molecule has 1 aliphatic rings. The Balaban J connectivity index is 1.86. The van der Waals surface area contributed by atoms with Gasteiger partial charge in [-0.2, -0.15) is 0 Å². The zero-order chi connectivity index (χ0) is 17.8. The molecule has 3 N–H and O–H groups in total. The number of para-hydroxylation sites is 1. The van der Waals surface area contributed by atoms with Crippen LogP contribution in [0.25, 0.3) is 16.8 Å². The van der Waals surface area contributed by atoms with Crippen molar-refractivity contribution in [1.29, 1.82) is 0 Å². The monoisotopic (exact) mass is 381 g/mol. The van der Waals surface area contributed by atoms with Crippen LogP contribution in [0.3, 0.4) is 0 Å². The number of nitrogens with one attached hydrogen (secondary N) is 1. The molecule has 0 aliphatic carbocycles. The number of fused-ring (bicyclic) bond motifs is 2. The smallest absolute Gasteiger partial charge is 0.238 e. The molecule has 1 unspecified atom stereocenters. The Morgan fingerprint density at radius 1 is 1.04 bits per heavy atom. The van der Waals surface area contributed by atoms with Crippen molar-refractivity contribution in [3.8, 4) is 11.3 Å². The number of aromatic nitrogens is 3. The van der Waals surface area contributed by atoms with Crippen molar-refractivity contribution in [3.05, 3.63) is 75.9 Å². The summed E-state index contributed by atoms with van der Waals surface area (Å²) in [5.41, 5.74) is 11.5. The molecule has 128 valence electrons. The minimum Gasteiger partial charge on any atom is -0.373 e. The summed E-state index contributed by atoms with van der Waals surface area (Å²) in [4.78, 5) is 4.52. The average Bonchev–Trinajstić information content (AvgIpc) is 2.97. The van der Waals surface area contributed by atoms with E-state index in [0.29, 0.717) is 10.0 Å². The zero-order valence-corrected chi connectivity index (χ0v) is 15.0. The number of hydrogen-bond acceptors (Lipinski definition) is 4. The summed E-state index contributed by atoms with van der Waals surface area (Å²) < 4.78 is 1.77. The Labute approximate surface area is 159 Å². The molecule has 1 atom stereocenters. The lowest BCUT2D eigenvalue weighted by Gasteiger charge is -2.20. The molecule has 0 saturated heterocycles. The second-order valence-corrected chi connectivity index (χ2v) is 7.02. The van der Waals surface area contributed by atoms with E-state index in [1.807, 2.05) is 48.7 Å². The number of hydrogen-bond donors (Lipinski definition) is 2. The van der Waals surface area contributed by atoms with E-state index in [1.165, 1.54) is 0 Å². The van der Waals surface area contributed by atoms with Crippen molar-refractivity contribution >= 4 is 40.4 Å². The minimum atomic E-state index is -0.167. The van der Waals surface area contributed by atoms with Gasteiger partial charge in [0.2, 0.25) is 5.95 Å². The van der Waals surface area contributed by atoms with Crippen molar-refractivity contribution in [2.45, 2.75) is 6.04 Å². The Morgan fingerprint density at radius 3 is 2.73 bits per heavy atom. The molecular formula is C19H13Cl2N5. The normalized spacial score (nSPS) is 15.4. The van der Waals surface area contributed by atoms with Crippen LogP contribution >= 0.6 is 23.2 Å². The van der Waals surface area contributed by atoms with Crippen LogP contribution in [0.4, 0.5) is 11.6 Å². The highest BCUT2D eigenvalue weighted by atomic mass is 35.5. The molecule has 1 aliphatic heterocycles. The van der Waals surface area contributed by atoms with Crippen molar-refractivity contribution in [3.63, 3.8) is 0 Å². The highest BCUT2D eigenvalue weighted by Crippen LogP contribution is 2.43. The molecule has 0 fully saturated rings. The summed E-state index contributed by atoms with van der Waals surface area (Å²) in [6.07, 6.45) is 1.89. The number of nitrogen functional groups attached to an aromatic ring is 1. The Bertz CT molecular complexity index is 1170. The van der Waals surface area contributed by atoms with Crippen molar-refractivity contribution < 1.29 is 0 Å². The van der Waals surface area contributed by atoms with Gasteiger partial charge in [-0.05, 0) is 29.8 Å². The van der Waals surface area contributed by atoms with E-state index in [4.69, 9.17) is 28.9 Å². The molecule has 5 rings (SSSR count). The molecule has 7 heteroatoms. The average molecular weight is 382 g/mol. The number of rotatable bonds is 1. The van der Waals surface area contributed by atoms with Gasteiger partial charge in [-0.1, -0.05) is 47.5 Å². The number of halogens is 2. The van der Waals surface area contributed by atoms with E-state index in [0.717, 1.165) is 33.6 Å². The third-order valence-electron chi connectivity index (χ3n) is 4.63. The fraction of sp³-hybridized carbons (Fsp3) is 0.0526. The lowest BCUT2D eigenvalue weighted by atomic mass is 9.99.